The Morgan fingerprint density at radius 3 is 2.40 bits per heavy atom. The summed E-state index contributed by atoms with van der Waals surface area (Å²) in [6.45, 7) is 4.09. The second-order valence-electron chi connectivity index (χ2n) is 4.37. The summed E-state index contributed by atoms with van der Waals surface area (Å²) in [7, 11) is 0. The Bertz CT molecular complexity index is 203. The van der Waals surface area contributed by atoms with E-state index in [2.05, 4.69) is 0 Å². The third kappa shape index (κ3) is 2.33. The van der Waals surface area contributed by atoms with Crippen LogP contribution >= 0.6 is 0 Å². The monoisotopic (exact) mass is 214 g/mol. The van der Waals surface area contributed by atoms with E-state index in [1.807, 2.05) is 13.8 Å². The summed E-state index contributed by atoms with van der Waals surface area (Å²) >= 11 is 0. The van der Waals surface area contributed by atoms with Gasteiger partial charge in [-0.05, 0) is 32.1 Å². The Kier molecular flexibility index (Phi) is 4.58. The molecular weight excluding hydrogens is 192 g/mol. The average molecular weight is 214 g/mol. The van der Waals surface area contributed by atoms with E-state index in [1.54, 1.807) is 0 Å². The number of carbonyl (C=O) groups is 1. The Labute approximate surface area is 91.8 Å². The van der Waals surface area contributed by atoms with Crippen molar-refractivity contribution in [1.29, 1.82) is 0 Å². The van der Waals surface area contributed by atoms with Crippen LogP contribution < -0.4 is 0 Å². The summed E-state index contributed by atoms with van der Waals surface area (Å²) in [4.78, 5) is 11.9. The molecule has 1 aliphatic carbocycles. The van der Waals surface area contributed by atoms with Gasteiger partial charge in [-0.3, -0.25) is 4.79 Å². The molecule has 88 valence electrons. The largest absolute Gasteiger partial charge is 0.465 e. The van der Waals surface area contributed by atoms with Crippen molar-refractivity contribution in [3.05, 3.63) is 0 Å². The van der Waals surface area contributed by atoms with Crippen LogP contribution in [0.5, 0.6) is 0 Å². The number of ether oxygens (including phenoxy) is 1. The molecule has 1 saturated carbocycles. The number of hydrogen-bond donors (Lipinski definition) is 1. The SMILES string of the molecule is CCOC(=O)[C@](CC)(CO)C1CCCC1. The van der Waals surface area contributed by atoms with Crippen molar-refractivity contribution in [3.8, 4) is 0 Å². The average Bonchev–Trinajstić information content (AvgIpc) is 2.75. The van der Waals surface area contributed by atoms with Gasteiger partial charge in [0.25, 0.3) is 0 Å². The number of carbonyl (C=O) groups excluding carboxylic acids is 1. The van der Waals surface area contributed by atoms with E-state index in [9.17, 15) is 9.90 Å². The fourth-order valence-electron chi connectivity index (χ4n) is 2.66. The lowest BCUT2D eigenvalue weighted by atomic mass is 9.73. The molecule has 0 saturated heterocycles. The van der Waals surface area contributed by atoms with Crippen molar-refractivity contribution in [2.24, 2.45) is 11.3 Å². The first-order valence-corrected chi connectivity index (χ1v) is 5.99. The summed E-state index contributed by atoms with van der Waals surface area (Å²) in [6.07, 6.45) is 5.12. The zero-order chi connectivity index (χ0) is 11.3. The molecule has 1 atom stereocenters. The maximum Gasteiger partial charge on any atom is 0.314 e. The predicted molar refractivity (Wildman–Crippen MR) is 58.4 cm³/mol. The normalized spacial score (nSPS) is 21.3. The lowest BCUT2D eigenvalue weighted by Gasteiger charge is -2.34. The summed E-state index contributed by atoms with van der Waals surface area (Å²) < 4.78 is 5.10. The highest BCUT2D eigenvalue weighted by Gasteiger charge is 2.45. The lowest BCUT2D eigenvalue weighted by Crippen LogP contribution is -2.42. The van der Waals surface area contributed by atoms with E-state index >= 15 is 0 Å². The van der Waals surface area contributed by atoms with Gasteiger partial charge in [0.05, 0.1) is 18.6 Å². The molecular formula is C12H22O3. The molecule has 3 nitrogen and oxygen atoms in total. The van der Waals surface area contributed by atoms with Crippen LogP contribution in [0.25, 0.3) is 0 Å². The highest BCUT2D eigenvalue weighted by Crippen LogP contribution is 2.43. The van der Waals surface area contributed by atoms with Crippen molar-refractivity contribution in [2.45, 2.75) is 46.0 Å². The van der Waals surface area contributed by atoms with Gasteiger partial charge in [-0.1, -0.05) is 19.8 Å². The van der Waals surface area contributed by atoms with Gasteiger partial charge >= 0.3 is 5.97 Å². The van der Waals surface area contributed by atoms with Gasteiger partial charge in [-0.25, -0.2) is 0 Å². The maximum absolute atomic E-state index is 11.9. The highest BCUT2D eigenvalue weighted by atomic mass is 16.5. The summed E-state index contributed by atoms with van der Waals surface area (Å²) in [6, 6.07) is 0. The minimum atomic E-state index is -0.632. The molecule has 1 rings (SSSR count). The van der Waals surface area contributed by atoms with Crippen LogP contribution in [0, 0.1) is 11.3 Å². The number of esters is 1. The molecule has 3 heteroatoms. The molecule has 0 aromatic rings. The van der Waals surface area contributed by atoms with Gasteiger partial charge in [0.2, 0.25) is 0 Å². The Morgan fingerprint density at radius 2 is 2.00 bits per heavy atom. The first-order valence-electron chi connectivity index (χ1n) is 5.99. The third-order valence-corrected chi connectivity index (χ3v) is 3.73. The van der Waals surface area contributed by atoms with E-state index in [-0.39, 0.29) is 12.6 Å². The topological polar surface area (TPSA) is 46.5 Å². The van der Waals surface area contributed by atoms with Crippen molar-refractivity contribution in [2.75, 3.05) is 13.2 Å². The van der Waals surface area contributed by atoms with Gasteiger partial charge in [0.15, 0.2) is 0 Å². The lowest BCUT2D eigenvalue weighted by molar-refractivity contribution is -0.163. The molecule has 15 heavy (non-hydrogen) atoms. The second-order valence-corrected chi connectivity index (χ2v) is 4.37. The smallest absolute Gasteiger partial charge is 0.314 e. The first kappa shape index (κ1) is 12.5. The van der Waals surface area contributed by atoms with Crippen LogP contribution in [0.2, 0.25) is 0 Å². The fourth-order valence-corrected chi connectivity index (χ4v) is 2.66. The molecule has 0 amide bonds. The Balaban J connectivity index is 2.79. The molecule has 0 aromatic carbocycles. The minimum absolute atomic E-state index is 0.0764. The van der Waals surface area contributed by atoms with Gasteiger partial charge in [-0.2, -0.15) is 0 Å². The van der Waals surface area contributed by atoms with Crippen LogP contribution in [0.15, 0.2) is 0 Å². The molecule has 1 fully saturated rings. The fraction of sp³-hybridized carbons (Fsp3) is 0.917. The number of aliphatic hydroxyl groups excluding tert-OH is 1. The zero-order valence-electron chi connectivity index (χ0n) is 9.79. The molecule has 1 aliphatic rings. The molecule has 0 aromatic heterocycles. The van der Waals surface area contributed by atoms with Crippen LogP contribution in [-0.4, -0.2) is 24.3 Å². The van der Waals surface area contributed by atoms with Crippen LogP contribution in [0.1, 0.15) is 46.0 Å². The van der Waals surface area contributed by atoms with Gasteiger partial charge in [-0.15, -0.1) is 0 Å². The van der Waals surface area contributed by atoms with E-state index in [0.717, 1.165) is 12.8 Å². The predicted octanol–water partition coefficient (Wildman–Crippen LogP) is 2.13. The third-order valence-electron chi connectivity index (χ3n) is 3.73. The van der Waals surface area contributed by atoms with E-state index in [0.29, 0.717) is 18.9 Å². The van der Waals surface area contributed by atoms with Crippen molar-refractivity contribution >= 4 is 5.97 Å². The molecule has 1 N–H and O–H groups in total. The van der Waals surface area contributed by atoms with Crippen LogP contribution in [0.3, 0.4) is 0 Å². The second kappa shape index (κ2) is 5.50. The van der Waals surface area contributed by atoms with E-state index in [4.69, 9.17) is 4.74 Å². The molecule has 0 radical (unpaired) electrons. The first-order chi connectivity index (χ1) is 7.21. The summed E-state index contributed by atoms with van der Waals surface area (Å²) in [5.41, 5.74) is -0.632. The van der Waals surface area contributed by atoms with Crippen LogP contribution in [0.4, 0.5) is 0 Å². The molecule has 0 spiro atoms. The van der Waals surface area contributed by atoms with E-state index in [1.165, 1.54) is 12.8 Å². The molecule has 0 aliphatic heterocycles. The number of aliphatic hydroxyl groups is 1. The quantitative estimate of drug-likeness (QED) is 0.713. The molecule has 0 heterocycles. The van der Waals surface area contributed by atoms with Crippen molar-refractivity contribution in [3.63, 3.8) is 0 Å². The van der Waals surface area contributed by atoms with Crippen molar-refractivity contribution < 1.29 is 14.6 Å². The zero-order valence-corrected chi connectivity index (χ0v) is 9.79. The van der Waals surface area contributed by atoms with Crippen molar-refractivity contribution in [1.82, 2.24) is 0 Å². The number of hydrogen-bond acceptors (Lipinski definition) is 3. The molecule has 0 bridgehead atoms. The summed E-state index contributed by atoms with van der Waals surface area (Å²) in [5.74, 6) is 0.105. The Hall–Kier alpha value is -0.570. The summed E-state index contributed by atoms with van der Waals surface area (Å²) in [5, 5.41) is 9.53. The van der Waals surface area contributed by atoms with Crippen LogP contribution in [-0.2, 0) is 9.53 Å². The van der Waals surface area contributed by atoms with E-state index < -0.39 is 5.41 Å². The highest BCUT2D eigenvalue weighted by molar-refractivity contribution is 5.77. The number of rotatable bonds is 5. The maximum atomic E-state index is 11.9. The minimum Gasteiger partial charge on any atom is -0.465 e. The van der Waals surface area contributed by atoms with Gasteiger partial charge in [0, 0.05) is 0 Å². The Morgan fingerprint density at radius 1 is 1.40 bits per heavy atom. The van der Waals surface area contributed by atoms with Gasteiger partial charge in [0.1, 0.15) is 0 Å². The van der Waals surface area contributed by atoms with Gasteiger partial charge < -0.3 is 9.84 Å². The standard InChI is InChI=1S/C12H22O3/c1-3-12(9-13,11(14)15-4-2)10-7-5-6-8-10/h10,13H,3-9H2,1-2H3/t12-/m1/s1. The molecule has 0 unspecified atom stereocenters.